The van der Waals surface area contributed by atoms with Crippen LogP contribution in [0.1, 0.15) is 69.7 Å². The number of nitrogens with zero attached hydrogens (tertiary/aromatic N) is 2. The molecule has 2 aromatic carbocycles. The van der Waals surface area contributed by atoms with Crippen LogP contribution in [-0.4, -0.2) is 49.7 Å². The summed E-state index contributed by atoms with van der Waals surface area (Å²) in [5.41, 5.74) is 5.56. The van der Waals surface area contributed by atoms with Gasteiger partial charge in [-0.1, -0.05) is 77.4 Å². The van der Waals surface area contributed by atoms with E-state index in [-0.39, 0.29) is 13.5 Å². The molecule has 2 unspecified atom stereocenters. The van der Waals surface area contributed by atoms with Crippen LogP contribution in [0.4, 0.5) is 11.4 Å². The van der Waals surface area contributed by atoms with Gasteiger partial charge in [0, 0.05) is 13.7 Å². The van der Waals surface area contributed by atoms with Gasteiger partial charge in [0.15, 0.2) is 0 Å². The number of rotatable bonds is 16. The topological polar surface area (TPSA) is 59.1 Å². The fraction of sp³-hybridized carbons (Fsp3) is 0.548. The Morgan fingerprint density at radius 3 is 1.44 bits per heavy atom. The maximum absolute atomic E-state index is 14.0. The lowest BCUT2D eigenvalue weighted by molar-refractivity contribution is -0.124. The molecular weight excluding hydrogens is 535 g/mol. The minimum Gasteiger partial charge on any atom is -0.364 e. The first kappa shape index (κ1) is 33.1. The van der Waals surface area contributed by atoms with E-state index >= 15 is 0 Å². The van der Waals surface area contributed by atoms with E-state index in [1.807, 2.05) is 64.1 Å². The number of halogens is 2. The number of anilines is 2. The Balaban J connectivity index is 2.47. The number of para-hydroxylation sites is 2. The maximum Gasteiger partial charge on any atom is 0.249 e. The van der Waals surface area contributed by atoms with Gasteiger partial charge in [0.05, 0.1) is 11.4 Å². The van der Waals surface area contributed by atoms with Gasteiger partial charge in [-0.3, -0.25) is 19.4 Å². The van der Waals surface area contributed by atoms with Crippen molar-refractivity contribution in [3.8, 4) is 0 Å². The molecule has 0 aliphatic heterocycles. The zero-order valence-corrected chi connectivity index (χ0v) is 25.8. The van der Waals surface area contributed by atoms with Gasteiger partial charge in [0.1, 0.15) is 24.2 Å². The average Bonchev–Trinajstić information content (AvgIpc) is 2.97. The van der Waals surface area contributed by atoms with Crippen LogP contribution in [-0.2, 0) is 44.7 Å². The van der Waals surface area contributed by atoms with Crippen molar-refractivity contribution in [1.29, 1.82) is 0 Å². The number of hydrogen-bond donors (Lipinski definition) is 0. The summed E-state index contributed by atoms with van der Waals surface area (Å²) in [7, 11) is 1.52. The van der Waals surface area contributed by atoms with Gasteiger partial charge in [-0.15, -0.1) is 23.2 Å². The molecule has 2 atom stereocenters. The van der Waals surface area contributed by atoms with Gasteiger partial charge < -0.3 is 9.47 Å². The molecule has 2 rings (SSSR count). The second-order valence-corrected chi connectivity index (χ2v) is 10.3. The van der Waals surface area contributed by atoms with Crippen LogP contribution in [0.2, 0.25) is 0 Å². The molecule has 6 nitrogen and oxygen atoms in total. The van der Waals surface area contributed by atoms with Gasteiger partial charge in [-0.25, -0.2) is 0 Å². The molecule has 0 aliphatic rings. The van der Waals surface area contributed by atoms with Crippen molar-refractivity contribution in [2.24, 2.45) is 0 Å². The van der Waals surface area contributed by atoms with E-state index < -0.39 is 22.6 Å². The molecule has 0 spiro atoms. The Morgan fingerprint density at radius 2 is 1.10 bits per heavy atom. The molecule has 0 aliphatic carbocycles. The Morgan fingerprint density at radius 1 is 0.718 bits per heavy atom. The second kappa shape index (κ2) is 16.9. The zero-order chi connectivity index (χ0) is 28.9. The number of aryl methyl sites for hydroxylation is 4. The molecule has 2 amide bonds. The summed E-state index contributed by atoms with van der Waals surface area (Å²) in [6.07, 6.45) is 4.76. The summed E-state index contributed by atoms with van der Waals surface area (Å²) in [5.74, 6) is -0.942. The third kappa shape index (κ3) is 8.20. The molecule has 0 heterocycles. The van der Waals surface area contributed by atoms with E-state index in [0.717, 1.165) is 72.2 Å². The van der Waals surface area contributed by atoms with E-state index in [0.29, 0.717) is 6.61 Å². The highest BCUT2D eigenvalue weighted by Crippen LogP contribution is 2.32. The summed E-state index contributed by atoms with van der Waals surface area (Å²) in [5, 5.41) is -2.64. The van der Waals surface area contributed by atoms with Crippen molar-refractivity contribution in [1.82, 2.24) is 0 Å². The molecular formula is C31H44Cl2N2O4. The molecule has 0 radical (unpaired) electrons. The van der Waals surface area contributed by atoms with Gasteiger partial charge in [-0.2, -0.15) is 0 Å². The Bertz CT molecular complexity index is 1030. The number of carbonyl (C=O) groups is 2. The van der Waals surface area contributed by atoms with Crippen LogP contribution < -0.4 is 9.80 Å². The summed E-state index contributed by atoms with van der Waals surface area (Å²) in [6, 6.07) is 12.0. The van der Waals surface area contributed by atoms with E-state index in [2.05, 4.69) is 6.92 Å². The monoisotopic (exact) mass is 578 g/mol. The number of methoxy groups -OCH3 is 1. The number of unbranched alkanes of at least 4 members (excludes halogenated alkanes) is 1. The fourth-order valence-electron chi connectivity index (χ4n) is 4.68. The van der Waals surface area contributed by atoms with Crippen LogP contribution in [0, 0.1) is 0 Å². The smallest absolute Gasteiger partial charge is 0.249 e. The quantitative estimate of drug-likeness (QED) is 0.123. The Hall–Kier alpha value is -2.12. The number of alkyl halides is 2. The van der Waals surface area contributed by atoms with E-state index in [1.165, 1.54) is 12.0 Å². The minimum atomic E-state index is -1.32. The standard InChI is InChI=1S/C31H44Cl2N2O4/c1-7-12-19-39-21-35(29-24(10-4)17-14-18-25(29)11-5)31(37)27(33)26(32)30(36)34(20-38-6)28-22(8-2)15-13-16-23(28)9-3/h13-18,26-27H,7-12,19-21H2,1-6H3. The lowest BCUT2D eigenvalue weighted by atomic mass is 10.0. The number of amides is 2. The lowest BCUT2D eigenvalue weighted by Gasteiger charge is -2.32. The van der Waals surface area contributed by atoms with Gasteiger partial charge in [0.25, 0.3) is 0 Å². The van der Waals surface area contributed by atoms with Crippen LogP contribution in [0.3, 0.4) is 0 Å². The summed E-state index contributed by atoms with van der Waals surface area (Å²) < 4.78 is 11.3. The molecule has 0 saturated heterocycles. The van der Waals surface area contributed by atoms with E-state index in [9.17, 15) is 9.59 Å². The van der Waals surface area contributed by atoms with Crippen molar-refractivity contribution in [2.45, 2.75) is 83.9 Å². The van der Waals surface area contributed by atoms with Gasteiger partial charge in [0.2, 0.25) is 11.8 Å². The maximum atomic E-state index is 14.0. The lowest BCUT2D eigenvalue weighted by Crippen LogP contribution is -2.49. The number of ether oxygens (including phenoxy) is 2. The third-order valence-electron chi connectivity index (χ3n) is 6.85. The van der Waals surface area contributed by atoms with E-state index in [4.69, 9.17) is 32.7 Å². The zero-order valence-electron chi connectivity index (χ0n) is 24.3. The molecule has 0 bridgehead atoms. The molecule has 0 fully saturated rings. The second-order valence-electron chi connectivity index (χ2n) is 9.41. The fourth-order valence-corrected chi connectivity index (χ4v) is 5.13. The van der Waals surface area contributed by atoms with Crippen LogP contribution >= 0.6 is 23.2 Å². The highest BCUT2D eigenvalue weighted by Gasteiger charge is 2.38. The van der Waals surface area contributed by atoms with Crippen molar-refractivity contribution < 1.29 is 19.1 Å². The predicted octanol–water partition coefficient (Wildman–Crippen LogP) is 6.90. The largest absolute Gasteiger partial charge is 0.364 e. The number of benzene rings is 2. The average molecular weight is 580 g/mol. The first-order valence-electron chi connectivity index (χ1n) is 14.0. The Kier molecular flexibility index (Phi) is 14.3. The van der Waals surface area contributed by atoms with Crippen LogP contribution in [0.15, 0.2) is 36.4 Å². The Labute approximate surface area is 244 Å². The van der Waals surface area contributed by atoms with Gasteiger partial charge >= 0.3 is 0 Å². The highest BCUT2D eigenvalue weighted by molar-refractivity contribution is 6.45. The van der Waals surface area contributed by atoms with E-state index in [1.54, 1.807) is 4.90 Å². The van der Waals surface area contributed by atoms with Crippen molar-refractivity contribution in [3.63, 3.8) is 0 Å². The highest BCUT2D eigenvalue weighted by atomic mass is 35.5. The van der Waals surface area contributed by atoms with Crippen molar-refractivity contribution >= 4 is 46.4 Å². The molecule has 216 valence electrons. The molecule has 0 aromatic heterocycles. The third-order valence-corrected chi connectivity index (χ3v) is 7.86. The minimum absolute atomic E-state index is 0.00758. The summed E-state index contributed by atoms with van der Waals surface area (Å²) in [4.78, 5) is 30.9. The molecule has 39 heavy (non-hydrogen) atoms. The van der Waals surface area contributed by atoms with Crippen LogP contribution in [0.5, 0.6) is 0 Å². The molecule has 0 N–H and O–H groups in total. The van der Waals surface area contributed by atoms with Crippen LogP contribution in [0.25, 0.3) is 0 Å². The number of hydrogen-bond acceptors (Lipinski definition) is 4. The number of carbonyl (C=O) groups excluding carboxylic acids is 2. The van der Waals surface area contributed by atoms with Gasteiger partial charge in [-0.05, 0) is 54.4 Å². The summed E-state index contributed by atoms with van der Waals surface area (Å²) in [6.45, 7) is 10.8. The molecule has 2 aromatic rings. The predicted molar refractivity (Wildman–Crippen MR) is 162 cm³/mol. The first-order valence-corrected chi connectivity index (χ1v) is 14.9. The SMILES string of the molecule is CCCCOCN(C(=O)C(Cl)C(Cl)C(=O)N(COC)c1c(CC)cccc1CC)c1c(CC)cccc1CC. The van der Waals surface area contributed by atoms with Crippen molar-refractivity contribution in [2.75, 3.05) is 37.0 Å². The molecule has 0 saturated carbocycles. The first-order chi connectivity index (χ1) is 18.8. The summed E-state index contributed by atoms with van der Waals surface area (Å²) >= 11 is 13.5. The van der Waals surface area contributed by atoms with Crippen molar-refractivity contribution in [3.05, 3.63) is 58.7 Å². The normalized spacial score (nSPS) is 12.7. The molecule has 8 heteroatoms.